The van der Waals surface area contributed by atoms with Crippen molar-refractivity contribution < 1.29 is 0 Å². The van der Waals surface area contributed by atoms with Crippen LogP contribution in [0.4, 0.5) is 5.82 Å². The first-order chi connectivity index (χ1) is 9.15. The molecule has 0 amide bonds. The lowest BCUT2D eigenvalue weighted by atomic mass is 10.2. The van der Waals surface area contributed by atoms with Crippen molar-refractivity contribution in [2.24, 2.45) is 0 Å². The molecule has 1 N–H and O–H groups in total. The van der Waals surface area contributed by atoms with Gasteiger partial charge >= 0.3 is 0 Å². The van der Waals surface area contributed by atoms with E-state index in [1.54, 1.807) is 6.07 Å². The second-order valence-corrected chi connectivity index (χ2v) is 5.81. The summed E-state index contributed by atoms with van der Waals surface area (Å²) >= 11 is 6.01. The van der Waals surface area contributed by atoms with Gasteiger partial charge in [-0.25, -0.2) is 9.97 Å². The quantitative estimate of drug-likeness (QED) is 0.643. The van der Waals surface area contributed by atoms with Crippen LogP contribution in [-0.4, -0.2) is 41.0 Å². The van der Waals surface area contributed by atoms with Crippen molar-refractivity contribution in [3.05, 3.63) is 17.0 Å². The molecule has 1 saturated heterocycles. The van der Waals surface area contributed by atoms with Crippen LogP contribution in [0.25, 0.3) is 0 Å². The molecule has 106 valence electrons. The Morgan fingerprint density at radius 2 is 2.05 bits per heavy atom. The van der Waals surface area contributed by atoms with Gasteiger partial charge in [0.2, 0.25) is 0 Å². The van der Waals surface area contributed by atoms with Crippen LogP contribution in [0, 0.1) is 0 Å². The minimum absolute atomic E-state index is 0.295. The SMILES string of the molecule is CC(C)c1nc(Cl)cc(NCCCN2CCCC2)n1. The Kier molecular flexibility index (Phi) is 5.40. The predicted molar refractivity (Wildman–Crippen MR) is 79.9 cm³/mol. The summed E-state index contributed by atoms with van der Waals surface area (Å²) in [6.07, 6.45) is 3.85. The van der Waals surface area contributed by atoms with Crippen molar-refractivity contribution in [3.63, 3.8) is 0 Å². The van der Waals surface area contributed by atoms with Gasteiger partial charge < -0.3 is 10.2 Å². The number of hydrogen-bond acceptors (Lipinski definition) is 4. The molecule has 0 bridgehead atoms. The molecule has 0 aliphatic carbocycles. The van der Waals surface area contributed by atoms with Crippen LogP contribution in [0.1, 0.15) is 44.9 Å². The molecule has 1 aliphatic heterocycles. The third kappa shape index (κ3) is 4.62. The van der Waals surface area contributed by atoms with Crippen LogP contribution in [0.5, 0.6) is 0 Å². The zero-order valence-electron chi connectivity index (χ0n) is 11.8. The van der Waals surface area contributed by atoms with Crippen LogP contribution in [0.2, 0.25) is 5.15 Å². The first-order valence-corrected chi connectivity index (χ1v) is 7.53. The van der Waals surface area contributed by atoms with E-state index in [2.05, 4.69) is 34.0 Å². The van der Waals surface area contributed by atoms with Gasteiger partial charge in [0, 0.05) is 18.5 Å². The van der Waals surface area contributed by atoms with Crippen molar-refractivity contribution in [3.8, 4) is 0 Å². The Balaban J connectivity index is 1.78. The molecule has 4 nitrogen and oxygen atoms in total. The second kappa shape index (κ2) is 7.06. The van der Waals surface area contributed by atoms with Crippen molar-refractivity contribution in [1.82, 2.24) is 14.9 Å². The summed E-state index contributed by atoms with van der Waals surface area (Å²) in [5.41, 5.74) is 0. The second-order valence-electron chi connectivity index (χ2n) is 5.42. The van der Waals surface area contributed by atoms with E-state index >= 15 is 0 Å². The zero-order chi connectivity index (χ0) is 13.7. The van der Waals surface area contributed by atoms with Crippen molar-refractivity contribution in [2.75, 3.05) is 31.5 Å². The van der Waals surface area contributed by atoms with Crippen molar-refractivity contribution in [2.45, 2.75) is 39.0 Å². The Labute approximate surface area is 120 Å². The van der Waals surface area contributed by atoms with Gasteiger partial charge in [0.25, 0.3) is 0 Å². The first-order valence-electron chi connectivity index (χ1n) is 7.16. The summed E-state index contributed by atoms with van der Waals surface area (Å²) in [5.74, 6) is 1.93. The molecule has 2 heterocycles. The highest BCUT2D eigenvalue weighted by molar-refractivity contribution is 6.29. The molecule has 0 unspecified atom stereocenters. The van der Waals surface area contributed by atoms with Crippen LogP contribution in [0.15, 0.2) is 6.07 Å². The minimum Gasteiger partial charge on any atom is -0.370 e. The fraction of sp³-hybridized carbons (Fsp3) is 0.714. The van der Waals surface area contributed by atoms with Crippen LogP contribution in [0.3, 0.4) is 0 Å². The number of anilines is 1. The molecule has 0 atom stereocenters. The average Bonchev–Trinajstić information content (AvgIpc) is 2.87. The van der Waals surface area contributed by atoms with Gasteiger partial charge in [-0.05, 0) is 38.9 Å². The van der Waals surface area contributed by atoms with E-state index in [1.807, 2.05) is 0 Å². The maximum Gasteiger partial charge on any atom is 0.135 e. The monoisotopic (exact) mass is 282 g/mol. The average molecular weight is 283 g/mol. The van der Waals surface area contributed by atoms with Crippen LogP contribution in [-0.2, 0) is 0 Å². The first kappa shape index (κ1) is 14.5. The topological polar surface area (TPSA) is 41.1 Å². The molecule has 1 aromatic heterocycles. The lowest BCUT2D eigenvalue weighted by Gasteiger charge is -2.15. The van der Waals surface area contributed by atoms with Gasteiger partial charge in [-0.2, -0.15) is 0 Å². The summed E-state index contributed by atoms with van der Waals surface area (Å²) in [5, 5.41) is 3.86. The summed E-state index contributed by atoms with van der Waals surface area (Å²) in [7, 11) is 0. The lowest BCUT2D eigenvalue weighted by Crippen LogP contribution is -2.22. The number of nitrogens with zero attached hydrogens (tertiary/aromatic N) is 3. The smallest absolute Gasteiger partial charge is 0.135 e. The number of halogens is 1. The van der Waals surface area contributed by atoms with Gasteiger partial charge in [-0.3, -0.25) is 0 Å². The molecular formula is C14H23ClN4. The molecule has 1 fully saturated rings. The lowest BCUT2D eigenvalue weighted by molar-refractivity contribution is 0.337. The van der Waals surface area contributed by atoms with Gasteiger partial charge in [-0.1, -0.05) is 25.4 Å². The number of aromatic nitrogens is 2. The molecule has 0 saturated carbocycles. The normalized spacial score (nSPS) is 16.2. The van der Waals surface area contributed by atoms with E-state index in [-0.39, 0.29) is 0 Å². The molecule has 1 aromatic rings. The van der Waals surface area contributed by atoms with E-state index in [0.717, 1.165) is 24.6 Å². The molecule has 0 radical (unpaired) electrons. The molecule has 2 rings (SSSR count). The van der Waals surface area contributed by atoms with E-state index in [0.29, 0.717) is 11.1 Å². The number of rotatable bonds is 6. The van der Waals surface area contributed by atoms with E-state index in [9.17, 15) is 0 Å². The Hall–Kier alpha value is -0.870. The number of hydrogen-bond donors (Lipinski definition) is 1. The van der Waals surface area contributed by atoms with Gasteiger partial charge in [0.1, 0.15) is 16.8 Å². The number of nitrogens with one attached hydrogen (secondary N) is 1. The molecule has 19 heavy (non-hydrogen) atoms. The van der Waals surface area contributed by atoms with Crippen LogP contribution < -0.4 is 5.32 Å². The van der Waals surface area contributed by atoms with Gasteiger partial charge in [0.15, 0.2) is 0 Å². The maximum absolute atomic E-state index is 6.01. The van der Waals surface area contributed by atoms with Gasteiger partial charge in [0.05, 0.1) is 0 Å². The summed E-state index contributed by atoms with van der Waals surface area (Å²) in [6, 6.07) is 1.79. The van der Waals surface area contributed by atoms with E-state index in [1.165, 1.54) is 32.5 Å². The predicted octanol–water partition coefficient (Wildman–Crippen LogP) is 3.15. The fourth-order valence-electron chi connectivity index (χ4n) is 2.31. The zero-order valence-corrected chi connectivity index (χ0v) is 12.6. The van der Waals surface area contributed by atoms with E-state index in [4.69, 9.17) is 11.6 Å². The minimum atomic E-state index is 0.295. The largest absolute Gasteiger partial charge is 0.370 e. The van der Waals surface area contributed by atoms with Crippen molar-refractivity contribution >= 4 is 17.4 Å². The highest BCUT2D eigenvalue weighted by atomic mass is 35.5. The Morgan fingerprint density at radius 1 is 1.32 bits per heavy atom. The molecule has 0 aromatic carbocycles. The molecule has 0 spiro atoms. The third-order valence-electron chi connectivity index (χ3n) is 3.38. The number of likely N-dealkylation sites (tertiary alicyclic amines) is 1. The molecule has 1 aliphatic rings. The molecular weight excluding hydrogens is 260 g/mol. The fourth-order valence-corrected chi connectivity index (χ4v) is 2.50. The van der Waals surface area contributed by atoms with Gasteiger partial charge in [-0.15, -0.1) is 0 Å². The van der Waals surface area contributed by atoms with Crippen LogP contribution >= 0.6 is 11.6 Å². The summed E-state index contributed by atoms with van der Waals surface area (Å²) in [4.78, 5) is 11.2. The Morgan fingerprint density at radius 3 is 2.74 bits per heavy atom. The Bertz CT molecular complexity index is 402. The highest BCUT2D eigenvalue weighted by Gasteiger charge is 2.10. The third-order valence-corrected chi connectivity index (χ3v) is 3.58. The standard InChI is InChI=1S/C14H23ClN4/c1-11(2)14-17-12(15)10-13(18-14)16-6-5-9-19-7-3-4-8-19/h10-11H,3-9H2,1-2H3,(H,16,17,18). The van der Waals surface area contributed by atoms with Crippen molar-refractivity contribution in [1.29, 1.82) is 0 Å². The van der Waals surface area contributed by atoms with E-state index < -0.39 is 0 Å². The molecule has 5 heteroatoms. The highest BCUT2D eigenvalue weighted by Crippen LogP contribution is 2.17. The maximum atomic E-state index is 6.01. The summed E-state index contributed by atoms with van der Waals surface area (Å²) < 4.78 is 0. The summed E-state index contributed by atoms with van der Waals surface area (Å²) in [6.45, 7) is 8.77.